The van der Waals surface area contributed by atoms with E-state index in [1.54, 1.807) is 11.0 Å². The second-order valence-electron chi connectivity index (χ2n) is 6.54. The number of rotatable bonds is 9. The van der Waals surface area contributed by atoms with E-state index >= 15 is 0 Å². The molecule has 136 valence electrons. The Bertz CT molecular complexity index is 592. The minimum Gasteiger partial charge on any atom is -0.460 e. The Morgan fingerprint density at radius 1 is 1.20 bits per heavy atom. The smallest absolute Gasteiger partial charge is 0.330 e. The summed E-state index contributed by atoms with van der Waals surface area (Å²) in [5.74, 6) is 0.397. The van der Waals surface area contributed by atoms with Gasteiger partial charge in [0.15, 0.2) is 0 Å². The molecule has 0 aliphatic carbocycles. The third-order valence-electron chi connectivity index (χ3n) is 4.00. The highest BCUT2D eigenvalue weighted by Gasteiger charge is 2.21. The van der Waals surface area contributed by atoms with E-state index in [2.05, 4.69) is 13.8 Å². The Hall–Kier alpha value is -2.14. The molecule has 1 fully saturated rings. The number of anilines is 1. The Balaban J connectivity index is 1.70. The van der Waals surface area contributed by atoms with E-state index in [0.717, 1.165) is 30.6 Å². The van der Waals surface area contributed by atoms with Gasteiger partial charge in [0.05, 0.1) is 6.61 Å². The molecule has 0 aromatic heterocycles. The molecule has 1 aliphatic rings. The number of nitrogens with zero attached hydrogens (tertiary/aromatic N) is 1. The monoisotopic (exact) mass is 345 g/mol. The van der Waals surface area contributed by atoms with Crippen LogP contribution in [-0.2, 0) is 19.1 Å². The zero-order chi connectivity index (χ0) is 18.1. The van der Waals surface area contributed by atoms with Crippen LogP contribution in [0.25, 0.3) is 6.08 Å². The number of benzene rings is 1. The highest BCUT2D eigenvalue weighted by Crippen LogP contribution is 2.21. The number of carbonyl (C=O) groups is 2. The topological polar surface area (TPSA) is 55.8 Å². The van der Waals surface area contributed by atoms with Crippen LogP contribution in [0.2, 0.25) is 0 Å². The van der Waals surface area contributed by atoms with Crippen LogP contribution in [-0.4, -0.2) is 38.2 Å². The van der Waals surface area contributed by atoms with Crippen molar-refractivity contribution in [2.45, 2.75) is 33.1 Å². The van der Waals surface area contributed by atoms with Gasteiger partial charge in [0, 0.05) is 31.3 Å². The van der Waals surface area contributed by atoms with Gasteiger partial charge in [0.25, 0.3) is 0 Å². The van der Waals surface area contributed by atoms with E-state index in [9.17, 15) is 9.59 Å². The zero-order valence-electron chi connectivity index (χ0n) is 15.1. The first-order valence-corrected chi connectivity index (χ1v) is 8.89. The van der Waals surface area contributed by atoms with Gasteiger partial charge < -0.3 is 14.4 Å². The van der Waals surface area contributed by atoms with E-state index < -0.39 is 0 Å². The van der Waals surface area contributed by atoms with Gasteiger partial charge in [-0.25, -0.2) is 4.79 Å². The lowest BCUT2D eigenvalue weighted by atomic mass is 10.1. The highest BCUT2D eigenvalue weighted by atomic mass is 16.6. The van der Waals surface area contributed by atoms with Crippen LogP contribution in [0.4, 0.5) is 5.69 Å². The lowest BCUT2D eigenvalue weighted by Crippen LogP contribution is -2.23. The molecule has 5 nitrogen and oxygen atoms in total. The molecule has 0 radical (unpaired) electrons. The van der Waals surface area contributed by atoms with E-state index in [0.29, 0.717) is 25.6 Å². The number of carbonyl (C=O) groups excluding carboxylic acids is 2. The molecule has 0 atom stereocenters. The van der Waals surface area contributed by atoms with E-state index in [-0.39, 0.29) is 18.5 Å². The molecule has 0 N–H and O–H groups in total. The number of amides is 1. The maximum atomic E-state index is 11.7. The standard InChI is InChI=1S/C20H27NO4/c1-16(2)11-13-24-14-15-25-20(23)10-7-17-5-8-18(9-6-17)21-12-3-4-19(21)22/h5-10,16H,3-4,11-15H2,1-2H3/b10-7+. The zero-order valence-corrected chi connectivity index (χ0v) is 15.1. The third kappa shape index (κ3) is 6.70. The predicted octanol–water partition coefficient (Wildman–Crippen LogP) is 3.43. The predicted molar refractivity (Wildman–Crippen MR) is 98.3 cm³/mol. The minimum absolute atomic E-state index is 0.169. The fourth-order valence-electron chi connectivity index (χ4n) is 2.52. The largest absolute Gasteiger partial charge is 0.460 e. The molecule has 1 saturated heterocycles. The van der Waals surface area contributed by atoms with Crippen molar-refractivity contribution < 1.29 is 19.1 Å². The summed E-state index contributed by atoms with van der Waals surface area (Å²) < 4.78 is 10.5. The first-order chi connectivity index (χ1) is 12.1. The Labute approximate surface area is 149 Å². The molecule has 1 aliphatic heterocycles. The molecule has 0 bridgehead atoms. The molecule has 1 heterocycles. The van der Waals surface area contributed by atoms with E-state index in [1.165, 1.54) is 6.08 Å². The van der Waals surface area contributed by atoms with Crippen LogP contribution in [0.1, 0.15) is 38.7 Å². The highest BCUT2D eigenvalue weighted by molar-refractivity contribution is 5.95. The lowest BCUT2D eigenvalue weighted by molar-refractivity contribution is -0.139. The van der Waals surface area contributed by atoms with Gasteiger partial charge in [0.2, 0.25) is 5.91 Å². The van der Waals surface area contributed by atoms with Crippen LogP contribution in [0, 0.1) is 5.92 Å². The number of hydrogen-bond acceptors (Lipinski definition) is 4. The average Bonchev–Trinajstić information content (AvgIpc) is 3.02. The van der Waals surface area contributed by atoms with Crippen molar-refractivity contribution in [1.82, 2.24) is 0 Å². The molecule has 2 rings (SSSR count). The molecule has 5 heteroatoms. The lowest BCUT2D eigenvalue weighted by Gasteiger charge is -2.15. The van der Waals surface area contributed by atoms with Crippen molar-refractivity contribution in [2.75, 3.05) is 31.3 Å². The maximum Gasteiger partial charge on any atom is 0.330 e. The molecule has 0 unspecified atom stereocenters. The molecular formula is C20H27NO4. The SMILES string of the molecule is CC(C)CCOCCOC(=O)/C=C/c1ccc(N2CCCC2=O)cc1. The van der Waals surface area contributed by atoms with Gasteiger partial charge in [-0.15, -0.1) is 0 Å². The summed E-state index contributed by atoms with van der Waals surface area (Å²) in [5, 5.41) is 0. The quantitative estimate of drug-likeness (QED) is 0.391. The number of hydrogen-bond donors (Lipinski definition) is 0. The second-order valence-corrected chi connectivity index (χ2v) is 6.54. The first kappa shape index (κ1) is 19.2. The van der Waals surface area contributed by atoms with Crippen LogP contribution in [0.15, 0.2) is 30.3 Å². The van der Waals surface area contributed by atoms with Gasteiger partial charge in [-0.2, -0.15) is 0 Å². The molecule has 1 aromatic rings. The summed E-state index contributed by atoms with van der Waals surface area (Å²) in [4.78, 5) is 25.2. The average molecular weight is 345 g/mol. The molecule has 25 heavy (non-hydrogen) atoms. The maximum absolute atomic E-state index is 11.7. The second kappa shape index (κ2) is 9.99. The Morgan fingerprint density at radius 2 is 1.96 bits per heavy atom. The van der Waals surface area contributed by atoms with E-state index in [4.69, 9.17) is 9.47 Å². The van der Waals surface area contributed by atoms with Gasteiger partial charge >= 0.3 is 5.97 Å². The van der Waals surface area contributed by atoms with Gasteiger partial charge in [0.1, 0.15) is 6.61 Å². The van der Waals surface area contributed by atoms with Gasteiger partial charge in [-0.3, -0.25) is 4.79 Å². The van der Waals surface area contributed by atoms with Crippen molar-refractivity contribution in [3.63, 3.8) is 0 Å². The van der Waals surface area contributed by atoms with E-state index in [1.807, 2.05) is 24.3 Å². The summed E-state index contributed by atoms with van der Waals surface area (Å²) >= 11 is 0. The normalized spacial score (nSPS) is 14.7. The molecule has 0 saturated carbocycles. The number of ether oxygens (including phenoxy) is 2. The fourth-order valence-corrected chi connectivity index (χ4v) is 2.52. The van der Waals surface area contributed by atoms with Gasteiger partial charge in [-0.05, 0) is 42.5 Å². The fraction of sp³-hybridized carbons (Fsp3) is 0.500. The number of esters is 1. The van der Waals surface area contributed by atoms with Crippen LogP contribution in [0.3, 0.4) is 0 Å². The van der Waals surface area contributed by atoms with Gasteiger partial charge in [-0.1, -0.05) is 26.0 Å². The molecule has 0 spiro atoms. The summed E-state index contributed by atoms with van der Waals surface area (Å²) in [7, 11) is 0. The van der Waals surface area contributed by atoms with Crippen molar-refractivity contribution >= 4 is 23.6 Å². The van der Waals surface area contributed by atoms with Crippen LogP contribution >= 0.6 is 0 Å². The van der Waals surface area contributed by atoms with Crippen molar-refractivity contribution in [2.24, 2.45) is 5.92 Å². The summed E-state index contributed by atoms with van der Waals surface area (Å²) in [5.41, 5.74) is 1.79. The van der Waals surface area contributed by atoms with Crippen molar-refractivity contribution in [1.29, 1.82) is 0 Å². The summed E-state index contributed by atoms with van der Waals surface area (Å²) in [6.07, 6.45) is 5.65. The molecular weight excluding hydrogens is 318 g/mol. The Kier molecular flexibility index (Phi) is 7.67. The third-order valence-corrected chi connectivity index (χ3v) is 4.00. The minimum atomic E-state index is -0.383. The van der Waals surface area contributed by atoms with Crippen LogP contribution < -0.4 is 4.90 Å². The Morgan fingerprint density at radius 3 is 2.60 bits per heavy atom. The van der Waals surface area contributed by atoms with Crippen molar-refractivity contribution in [3.8, 4) is 0 Å². The summed E-state index contributed by atoms with van der Waals surface area (Å²) in [6.45, 7) is 6.44. The molecule has 1 aromatic carbocycles. The van der Waals surface area contributed by atoms with Crippen molar-refractivity contribution in [3.05, 3.63) is 35.9 Å². The molecule has 1 amide bonds. The first-order valence-electron chi connectivity index (χ1n) is 8.89. The summed E-state index contributed by atoms with van der Waals surface area (Å²) in [6, 6.07) is 7.58. The van der Waals surface area contributed by atoms with Crippen LogP contribution in [0.5, 0.6) is 0 Å².